The maximum atomic E-state index is 12.8. The van der Waals surface area contributed by atoms with Crippen LogP contribution in [0.3, 0.4) is 0 Å². The van der Waals surface area contributed by atoms with Gasteiger partial charge in [-0.15, -0.1) is 0 Å². The van der Waals surface area contributed by atoms with E-state index in [1.54, 1.807) is 12.3 Å². The SMILES string of the molecule is CC/C=C/NC(=O)NCCc1cccc(F)c1. The van der Waals surface area contributed by atoms with Crippen molar-refractivity contribution in [1.82, 2.24) is 10.6 Å². The van der Waals surface area contributed by atoms with Crippen LogP contribution in [-0.4, -0.2) is 12.6 Å². The molecule has 4 heteroatoms. The predicted octanol–water partition coefficient (Wildman–Crippen LogP) is 2.59. The first kappa shape index (κ1) is 13.2. The van der Waals surface area contributed by atoms with Crippen LogP contribution in [0.5, 0.6) is 0 Å². The summed E-state index contributed by atoms with van der Waals surface area (Å²) in [4.78, 5) is 11.2. The number of benzene rings is 1. The Hall–Kier alpha value is -1.84. The van der Waals surface area contributed by atoms with Crippen LogP contribution in [0.2, 0.25) is 0 Å². The highest BCUT2D eigenvalue weighted by molar-refractivity contribution is 5.74. The standard InChI is InChI=1S/C13H17FN2O/c1-2-3-8-15-13(17)16-9-7-11-5-4-6-12(14)10-11/h3-6,8,10H,2,7,9H2,1H3,(H2,15,16,17)/b8-3+. The highest BCUT2D eigenvalue weighted by atomic mass is 19.1. The van der Waals surface area contributed by atoms with Gasteiger partial charge < -0.3 is 10.6 Å². The average molecular weight is 236 g/mol. The Balaban J connectivity index is 2.23. The second kappa shape index (κ2) is 7.44. The molecule has 0 radical (unpaired) electrons. The fourth-order valence-electron chi connectivity index (χ4n) is 1.32. The number of allylic oxidation sites excluding steroid dienone is 1. The summed E-state index contributed by atoms with van der Waals surface area (Å²) in [6.07, 6.45) is 4.95. The van der Waals surface area contributed by atoms with Gasteiger partial charge in [0, 0.05) is 12.7 Å². The Morgan fingerprint density at radius 3 is 3.00 bits per heavy atom. The molecule has 1 aromatic carbocycles. The smallest absolute Gasteiger partial charge is 0.318 e. The molecule has 3 nitrogen and oxygen atoms in total. The molecule has 2 amide bonds. The molecule has 0 atom stereocenters. The van der Waals surface area contributed by atoms with Gasteiger partial charge in [-0.2, -0.15) is 0 Å². The van der Waals surface area contributed by atoms with E-state index < -0.39 is 0 Å². The third kappa shape index (κ3) is 5.70. The van der Waals surface area contributed by atoms with Crippen molar-refractivity contribution in [3.8, 4) is 0 Å². The van der Waals surface area contributed by atoms with Gasteiger partial charge in [0.25, 0.3) is 0 Å². The molecule has 0 aliphatic rings. The van der Waals surface area contributed by atoms with E-state index in [1.165, 1.54) is 12.1 Å². The summed E-state index contributed by atoms with van der Waals surface area (Å²) in [6.45, 7) is 2.47. The van der Waals surface area contributed by atoms with Crippen LogP contribution in [0, 0.1) is 5.82 Å². The minimum atomic E-state index is -0.252. The van der Waals surface area contributed by atoms with Crippen LogP contribution in [0.15, 0.2) is 36.5 Å². The second-order valence-corrected chi connectivity index (χ2v) is 3.59. The fraction of sp³-hybridized carbons (Fsp3) is 0.308. The molecule has 0 bridgehead atoms. The van der Waals surface area contributed by atoms with E-state index in [1.807, 2.05) is 19.1 Å². The number of carbonyl (C=O) groups is 1. The van der Waals surface area contributed by atoms with Gasteiger partial charge in [-0.25, -0.2) is 9.18 Å². The van der Waals surface area contributed by atoms with Crippen molar-refractivity contribution in [2.75, 3.05) is 6.54 Å². The summed E-state index contributed by atoms with van der Waals surface area (Å²) in [5.41, 5.74) is 0.870. The van der Waals surface area contributed by atoms with Crippen LogP contribution in [0.25, 0.3) is 0 Å². The lowest BCUT2D eigenvalue weighted by Gasteiger charge is -2.04. The Labute approximate surface area is 101 Å². The van der Waals surface area contributed by atoms with E-state index in [9.17, 15) is 9.18 Å². The number of hydrogen-bond acceptors (Lipinski definition) is 1. The largest absolute Gasteiger partial charge is 0.338 e. The van der Waals surface area contributed by atoms with Crippen molar-refractivity contribution in [3.63, 3.8) is 0 Å². The zero-order valence-electron chi connectivity index (χ0n) is 9.87. The lowest BCUT2D eigenvalue weighted by atomic mass is 10.1. The predicted molar refractivity (Wildman–Crippen MR) is 66.1 cm³/mol. The fourth-order valence-corrected chi connectivity index (χ4v) is 1.32. The highest BCUT2D eigenvalue weighted by Gasteiger charge is 1.98. The van der Waals surface area contributed by atoms with E-state index in [-0.39, 0.29) is 11.8 Å². The second-order valence-electron chi connectivity index (χ2n) is 3.59. The Bertz CT molecular complexity index is 391. The van der Waals surface area contributed by atoms with E-state index >= 15 is 0 Å². The molecule has 0 saturated carbocycles. The van der Waals surface area contributed by atoms with Crippen LogP contribution in [0.4, 0.5) is 9.18 Å². The Kier molecular flexibility index (Phi) is 5.79. The molecule has 0 unspecified atom stereocenters. The summed E-state index contributed by atoms with van der Waals surface area (Å²) in [5, 5.41) is 5.26. The summed E-state index contributed by atoms with van der Waals surface area (Å²) < 4.78 is 12.8. The molecule has 92 valence electrons. The topological polar surface area (TPSA) is 41.1 Å². The van der Waals surface area contributed by atoms with Crippen molar-refractivity contribution >= 4 is 6.03 Å². The molecule has 0 saturated heterocycles. The van der Waals surface area contributed by atoms with Gasteiger partial charge in [-0.3, -0.25) is 0 Å². The number of urea groups is 1. The number of carbonyl (C=O) groups excluding carboxylic acids is 1. The minimum absolute atomic E-state index is 0.244. The molecule has 0 heterocycles. The number of nitrogens with one attached hydrogen (secondary N) is 2. The van der Waals surface area contributed by atoms with Crippen molar-refractivity contribution in [2.45, 2.75) is 19.8 Å². The molecule has 0 aliphatic carbocycles. The third-order valence-electron chi connectivity index (χ3n) is 2.16. The van der Waals surface area contributed by atoms with Gasteiger partial charge in [0.1, 0.15) is 5.82 Å². The van der Waals surface area contributed by atoms with Crippen LogP contribution < -0.4 is 10.6 Å². The zero-order chi connectivity index (χ0) is 12.5. The van der Waals surface area contributed by atoms with Gasteiger partial charge in [0.15, 0.2) is 0 Å². The Morgan fingerprint density at radius 2 is 2.29 bits per heavy atom. The first-order chi connectivity index (χ1) is 8.22. The minimum Gasteiger partial charge on any atom is -0.338 e. The lowest BCUT2D eigenvalue weighted by molar-refractivity contribution is 0.244. The molecular weight excluding hydrogens is 219 g/mol. The molecule has 1 rings (SSSR count). The van der Waals surface area contributed by atoms with Gasteiger partial charge in [-0.05, 0) is 30.5 Å². The van der Waals surface area contributed by atoms with Crippen molar-refractivity contribution in [2.24, 2.45) is 0 Å². The van der Waals surface area contributed by atoms with Crippen LogP contribution >= 0.6 is 0 Å². The maximum Gasteiger partial charge on any atom is 0.318 e. The van der Waals surface area contributed by atoms with Gasteiger partial charge >= 0.3 is 6.03 Å². The molecular formula is C13H17FN2O. The van der Waals surface area contributed by atoms with Crippen molar-refractivity contribution < 1.29 is 9.18 Å². The quantitative estimate of drug-likeness (QED) is 0.810. The van der Waals surface area contributed by atoms with Gasteiger partial charge in [0.2, 0.25) is 0 Å². The average Bonchev–Trinajstić information content (AvgIpc) is 2.29. The van der Waals surface area contributed by atoms with E-state index in [0.29, 0.717) is 13.0 Å². The normalized spacial score (nSPS) is 10.5. The van der Waals surface area contributed by atoms with E-state index in [2.05, 4.69) is 10.6 Å². The van der Waals surface area contributed by atoms with Crippen molar-refractivity contribution in [3.05, 3.63) is 47.9 Å². The zero-order valence-corrected chi connectivity index (χ0v) is 9.87. The van der Waals surface area contributed by atoms with Crippen LogP contribution in [0.1, 0.15) is 18.9 Å². The Morgan fingerprint density at radius 1 is 1.47 bits per heavy atom. The summed E-state index contributed by atoms with van der Waals surface area (Å²) in [7, 11) is 0. The first-order valence-electron chi connectivity index (χ1n) is 5.66. The number of hydrogen-bond donors (Lipinski definition) is 2. The van der Waals surface area contributed by atoms with Gasteiger partial charge in [-0.1, -0.05) is 25.1 Å². The maximum absolute atomic E-state index is 12.8. The van der Waals surface area contributed by atoms with E-state index in [0.717, 1.165) is 12.0 Å². The monoisotopic (exact) mass is 236 g/mol. The van der Waals surface area contributed by atoms with Gasteiger partial charge in [0.05, 0.1) is 0 Å². The first-order valence-corrected chi connectivity index (χ1v) is 5.66. The summed E-state index contributed by atoms with van der Waals surface area (Å²) in [5.74, 6) is -0.252. The summed E-state index contributed by atoms with van der Waals surface area (Å²) >= 11 is 0. The third-order valence-corrected chi connectivity index (χ3v) is 2.16. The number of rotatable bonds is 5. The molecule has 2 N–H and O–H groups in total. The number of amides is 2. The molecule has 0 aromatic heterocycles. The lowest BCUT2D eigenvalue weighted by Crippen LogP contribution is -2.33. The molecule has 1 aromatic rings. The highest BCUT2D eigenvalue weighted by Crippen LogP contribution is 2.03. The molecule has 17 heavy (non-hydrogen) atoms. The molecule has 0 fully saturated rings. The molecule has 0 aliphatic heterocycles. The number of halogens is 1. The van der Waals surface area contributed by atoms with E-state index in [4.69, 9.17) is 0 Å². The van der Waals surface area contributed by atoms with Crippen LogP contribution in [-0.2, 0) is 6.42 Å². The molecule has 0 spiro atoms. The van der Waals surface area contributed by atoms with Crippen molar-refractivity contribution in [1.29, 1.82) is 0 Å². The summed E-state index contributed by atoms with van der Waals surface area (Å²) in [6, 6.07) is 6.12.